The first-order chi connectivity index (χ1) is 17.9. The molecule has 3 atom stereocenters. The Morgan fingerprint density at radius 2 is 1.95 bits per heavy atom. The third-order valence-corrected chi connectivity index (χ3v) is 7.78. The van der Waals surface area contributed by atoms with E-state index in [4.69, 9.17) is 9.47 Å². The average Bonchev–Trinajstić information content (AvgIpc) is 3.60. The molecule has 204 valence electrons. The molecule has 2 saturated heterocycles. The van der Waals surface area contributed by atoms with E-state index in [0.29, 0.717) is 63.5 Å². The molecule has 1 unspecified atom stereocenters. The Hall–Kier alpha value is -2.85. The van der Waals surface area contributed by atoms with E-state index < -0.39 is 17.9 Å². The highest BCUT2D eigenvalue weighted by Gasteiger charge is 2.47. The zero-order chi connectivity index (χ0) is 26.4. The van der Waals surface area contributed by atoms with Gasteiger partial charge in [0.2, 0.25) is 18.6 Å². The lowest BCUT2D eigenvalue weighted by molar-refractivity contribution is -0.144. The number of ether oxygens (including phenoxy) is 2. The minimum Gasteiger partial charge on any atom is -0.481 e. The average molecular weight is 518 g/mol. The number of hydrogen-bond acceptors (Lipinski definition) is 7. The molecule has 0 bridgehead atoms. The number of rotatable bonds is 13. The largest absolute Gasteiger partial charge is 0.481 e. The monoisotopic (exact) mass is 517 g/mol. The van der Waals surface area contributed by atoms with Gasteiger partial charge in [-0.05, 0) is 43.4 Å². The molecule has 2 fully saturated rings. The van der Waals surface area contributed by atoms with Gasteiger partial charge in [0.05, 0.1) is 12.5 Å². The van der Waals surface area contributed by atoms with Crippen molar-refractivity contribution in [3.05, 3.63) is 23.8 Å². The molecule has 10 heteroatoms. The summed E-state index contributed by atoms with van der Waals surface area (Å²) >= 11 is 0. The molecule has 37 heavy (non-hydrogen) atoms. The Labute approximate surface area is 218 Å². The molecule has 3 heterocycles. The SMILES string of the molecule is CCCCN(CCCO)C(=O)CN1CC(c2ccc3c(c2)OCO3)[C@H](C(=O)O)[C@H]1CCN1CCCC1=O. The molecule has 0 aromatic heterocycles. The fourth-order valence-corrected chi connectivity index (χ4v) is 5.81. The van der Waals surface area contributed by atoms with Gasteiger partial charge in [0.25, 0.3) is 0 Å². The first-order valence-electron chi connectivity index (χ1n) is 13.5. The lowest BCUT2D eigenvalue weighted by Crippen LogP contribution is -2.46. The molecule has 0 aliphatic carbocycles. The quantitative estimate of drug-likeness (QED) is 0.407. The molecule has 1 aromatic carbocycles. The molecule has 4 rings (SSSR count). The summed E-state index contributed by atoms with van der Waals surface area (Å²) in [5.74, 6) is -0.675. The Balaban J connectivity index is 1.57. The van der Waals surface area contributed by atoms with Crippen LogP contribution < -0.4 is 9.47 Å². The van der Waals surface area contributed by atoms with Gasteiger partial charge < -0.3 is 29.5 Å². The van der Waals surface area contributed by atoms with Crippen LogP contribution in [-0.2, 0) is 14.4 Å². The van der Waals surface area contributed by atoms with E-state index in [-0.39, 0.29) is 37.7 Å². The highest BCUT2D eigenvalue weighted by molar-refractivity contribution is 5.79. The second-order valence-corrected chi connectivity index (χ2v) is 10.2. The van der Waals surface area contributed by atoms with Crippen LogP contribution in [0.15, 0.2) is 18.2 Å². The zero-order valence-electron chi connectivity index (χ0n) is 21.6. The molecule has 2 N–H and O–H groups in total. The molecule has 10 nitrogen and oxygen atoms in total. The predicted molar refractivity (Wildman–Crippen MR) is 135 cm³/mol. The van der Waals surface area contributed by atoms with Gasteiger partial charge in [0.15, 0.2) is 11.5 Å². The number of aliphatic hydroxyl groups excluding tert-OH is 1. The third-order valence-electron chi connectivity index (χ3n) is 7.78. The lowest BCUT2D eigenvalue weighted by Gasteiger charge is -2.30. The summed E-state index contributed by atoms with van der Waals surface area (Å²) in [7, 11) is 0. The number of carboxylic acids is 1. The molecule has 1 aromatic rings. The number of carbonyl (C=O) groups is 3. The Morgan fingerprint density at radius 3 is 2.65 bits per heavy atom. The van der Waals surface area contributed by atoms with Crippen LogP contribution in [0.5, 0.6) is 11.5 Å². The van der Waals surface area contributed by atoms with Crippen LogP contribution in [0.25, 0.3) is 0 Å². The number of aliphatic carboxylic acids is 1. The van der Waals surface area contributed by atoms with E-state index in [0.717, 1.165) is 24.8 Å². The van der Waals surface area contributed by atoms with Crippen LogP contribution >= 0.6 is 0 Å². The molecule has 2 amide bonds. The van der Waals surface area contributed by atoms with Crippen molar-refractivity contribution in [2.75, 3.05) is 52.7 Å². The van der Waals surface area contributed by atoms with Gasteiger partial charge in [-0.3, -0.25) is 19.3 Å². The maximum atomic E-state index is 13.4. The summed E-state index contributed by atoms with van der Waals surface area (Å²) in [6, 6.07) is 5.15. The van der Waals surface area contributed by atoms with Crippen molar-refractivity contribution in [3.63, 3.8) is 0 Å². The van der Waals surface area contributed by atoms with Gasteiger partial charge >= 0.3 is 5.97 Å². The van der Waals surface area contributed by atoms with Crippen molar-refractivity contribution in [1.29, 1.82) is 0 Å². The van der Waals surface area contributed by atoms with Crippen LogP contribution in [0.3, 0.4) is 0 Å². The van der Waals surface area contributed by atoms with Crippen molar-refractivity contribution in [3.8, 4) is 11.5 Å². The minimum absolute atomic E-state index is 0.0133. The summed E-state index contributed by atoms with van der Waals surface area (Å²) in [6.07, 6.45) is 4.18. The fraction of sp³-hybridized carbons (Fsp3) is 0.667. The topological polar surface area (TPSA) is 120 Å². The van der Waals surface area contributed by atoms with Crippen molar-refractivity contribution in [2.24, 2.45) is 5.92 Å². The van der Waals surface area contributed by atoms with Crippen molar-refractivity contribution in [1.82, 2.24) is 14.7 Å². The number of amides is 2. The summed E-state index contributed by atoms with van der Waals surface area (Å²) in [4.78, 5) is 43.9. The lowest BCUT2D eigenvalue weighted by atomic mass is 9.84. The van der Waals surface area contributed by atoms with Crippen LogP contribution in [-0.4, -0.2) is 101 Å². The van der Waals surface area contributed by atoms with Gasteiger partial charge in [-0.25, -0.2) is 0 Å². The van der Waals surface area contributed by atoms with Crippen LogP contribution in [0.4, 0.5) is 0 Å². The van der Waals surface area contributed by atoms with Gasteiger partial charge in [0.1, 0.15) is 0 Å². The fourth-order valence-electron chi connectivity index (χ4n) is 5.81. The highest BCUT2D eigenvalue weighted by atomic mass is 16.7. The van der Waals surface area contributed by atoms with Gasteiger partial charge in [-0.2, -0.15) is 0 Å². The van der Waals surface area contributed by atoms with Crippen molar-refractivity contribution < 1.29 is 34.1 Å². The summed E-state index contributed by atoms with van der Waals surface area (Å²) in [5.41, 5.74) is 0.844. The summed E-state index contributed by atoms with van der Waals surface area (Å²) < 4.78 is 11.0. The van der Waals surface area contributed by atoms with Gasteiger partial charge in [0, 0.05) is 57.7 Å². The number of carboxylic acid groups (broad SMARTS) is 1. The number of carbonyl (C=O) groups excluding carboxylic acids is 2. The Morgan fingerprint density at radius 1 is 1.16 bits per heavy atom. The minimum atomic E-state index is -0.904. The number of aliphatic hydroxyl groups is 1. The van der Waals surface area contributed by atoms with Crippen molar-refractivity contribution in [2.45, 2.75) is 57.4 Å². The second-order valence-electron chi connectivity index (χ2n) is 10.2. The molecule has 0 saturated carbocycles. The van der Waals surface area contributed by atoms with E-state index in [1.807, 2.05) is 28.0 Å². The molecule has 3 aliphatic rings. The van der Waals surface area contributed by atoms with Gasteiger partial charge in [-0.1, -0.05) is 19.4 Å². The predicted octanol–water partition coefficient (Wildman–Crippen LogP) is 1.91. The molecule has 0 radical (unpaired) electrons. The Kier molecular flexibility index (Phi) is 9.26. The first kappa shape index (κ1) is 27.2. The maximum absolute atomic E-state index is 13.4. The standard InChI is InChI=1S/C27H39N3O7/c1-2-3-10-28(12-5-14-31)25(33)17-30-16-20(19-7-8-22-23(15-19)37-18-36-22)26(27(34)35)21(30)9-13-29-11-4-6-24(29)32/h7-8,15,20-21,26,31H,2-6,9-14,16-18H2,1H3,(H,34,35)/t20?,21-,26+/m1/s1. The van der Waals surface area contributed by atoms with E-state index in [2.05, 4.69) is 6.92 Å². The molecule has 3 aliphatic heterocycles. The van der Waals surface area contributed by atoms with Crippen LogP contribution in [0.1, 0.15) is 56.9 Å². The molecule has 0 spiro atoms. The highest BCUT2D eigenvalue weighted by Crippen LogP contribution is 2.42. The molecular weight excluding hydrogens is 478 g/mol. The van der Waals surface area contributed by atoms with Crippen LogP contribution in [0.2, 0.25) is 0 Å². The number of fused-ring (bicyclic) bond motifs is 1. The first-order valence-corrected chi connectivity index (χ1v) is 13.5. The summed E-state index contributed by atoms with van der Waals surface area (Å²) in [5, 5.41) is 19.7. The van der Waals surface area contributed by atoms with E-state index in [1.54, 1.807) is 4.90 Å². The summed E-state index contributed by atoms with van der Waals surface area (Å²) in [6.45, 7) is 5.02. The Bertz CT molecular complexity index is 963. The van der Waals surface area contributed by atoms with Crippen LogP contribution in [0, 0.1) is 5.92 Å². The number of unbranched alkanes of at least 4 members (excludes halogenated alkanes) is 1. The van der Waals surface area contributed by atoms with E-state index in [1.165, 1.54) is 0 Å². The number of hydrogen-bond donors (Lipinski definition) is 2. The normalized spacial score (nSPS) is 23.1. The maximum Gasteiger partial charge on any atom is 0.308 e. The smallest absolute Gasteiger partial charge is 0.308 e. The van der Waals surface area contributed by atoms with Gasteiger partial charge in [-0.15, -0.1) is 0 Å². The number of nitrogens with zero attached hydrogens (tertiary/aromatic N) is 3. The third kappa shape index (κ3) is 6.35. The van der Waals surface area contributed by atoms with E-state index in [9.17, 15) is 24.6 Å². The zero-order valence-corrected chi connectivity index (χ0v) is 21.6. The second kappa shape index (κ2) is 12.6. The number of benzene rings is 1. The molecular formula is C27H39N3O7. The van der Waals surface area contributed by atoms with E-state index >= 15 is 0 Å². The van der Waals surface area contributed by atoms with Crippen molar-refractivity contribution >= 4 is 17.8 Å². The number of likely N-dealkylation sites (tertiary alicyclic amines) is 2.